The standard InChI is InChI=1S/C14H25N3O2S/c1-4-17(12(3)19)14-16-13(10-20-14)8-15-7-5-6-11(2)9-18/h10-11,15,18H,4-9H2,1-3H3. The molecule has 20 heavy (non-hydrogen) atoms. The molecule has 0 saturated heterocycles. The third-order valence-electron chi connectivity index (χ3n) is 3.14. The Bertz CT molecular complexity index is 409. The molecule has 1 amide bonds. The summed E-state index contributed by atoms with van der Waals surface area (Å²) < 4.78 is 0. The van der Waals surface area contributed by atoms with Crippen LogP contribution in [0.5, 0.6) is 0 Å². The van der Waals surface area contributed by atoms with Gasteiger partial charge in [-0.25, -0.2) is 4.98 Å². The Morgan fingerprint density at radius 1 is 1.60 bits per heavy atom. The van der Waals surface area contributed by atoms with E-state index < -0.39 is 0 Å². The van der Waals surface area contributed by atoms with Crippen molar-refractivity contribution < 1.29 is 9.90 Å². The number of carbonyl (C=O) groups is 1. The van der Waals surface area contributed by atoms with Crippen molar-refractivity contribution in [3.8, 4) is 0 Å². The van der Waals surface area contributed by atoms with E-state index in [1.807, 2.05) is 19.2 Å². The Hall–Kier alpha value is -0.980. The largest absolute Gasteiger partial charge is 0.396 e. The van der Waals surface area contributed by atoms with Crippen molar-refractivity contribution in [3.05, 3.63) is 11.1 Å². The predicted octanol–water partition coefficient (Wildman–Crippen LogP) is 2.01. The first-order chi connectivity index (χ1) is 9.58. The van der Waals surface area contributed by atoms with Gasteiger partial charge in [0.05, 0.1) is 5.69 Å². The van der Waals surface area contributed by atoms with Crippen LogP contribution in [0.1, 0.15) is 39.3 Å². The highest BCUT2D eigenvalue weighted by atomic mass is 32.1. The molecule has 114 valence electrons. The second-order valence-corrected chi connectivity index (χ2v) is 5.83. The van der Waals surface area contributed by atoms with Crippen molar-refractivity contribution in [2.45, 2.75) is 40.2 Å². The molecule has 1 aromatic heterocycles. The van der Waals surface area contributed by atoms with Crippen LogP contribution < -0.4 is 10.2 Å². The molecule has 0 aromatic carbocycles. The van der Waals surface area contributed by atoms with Crippen LogP contribution in [0.4, 0.5) is 5.13 Å². The lowest BCUT2D eigenvalue weighted by molar-refractivity contribution is -0.116. The molecule has 1 aromatic rings. The summed E-state index contributed by atoms with van der Waals surface area (Å²) >= 11 is 1.50. The lowest BCUT2D eigenvalue weighted by Gasteiger charge is -2.14. The first-order valence-electron chi connectivity index (χ1n) is 7.12. The molecule has 6 heteroatoms. The summed E-state index contributed by atoms with van der Waals surface area (Å²) in [6, 6.07) is 0. The zero-order chi connectivity index (χ0) is 15.0. The molecule has 0 spiro atoms. The Kier molecular flexibility index (Phi) is 7.72. The number of thiazole rings is 1. The van der Waals surface area contributed by atoms with Gasteiger partial charge in [0.25, 0.3) is 0 Å². The lowest BCUT2D eigenvalue weighted by atomic mass is 10.1. The van der Waals surface area contributed by atoms with Crippen LogP contribution >= 0.6 is 11.3 Å². The molecule has 1 atom stereocenters. The van der Waals surface area contributed by atoms with Crippen molar-refractivity contribution in [3.63, 3.8) is 0 Å². The van der Waals surface area contributed by atoms with Crippen molar-refractivity contribution in [2.24, 2.45) is 5.92 Å². The maximum absolute atomic E-state index is 11.4. The molecule has 0 aliphatic carbocycles. The minimum Gasteiger partial charge on any atom is -0.396 e. The average molecular weight is 299 g/mol. The Balaban J connectivity index is 2.32. The van der Waals surface area contributed by atoms with E-state index in [1.165, 1.54) is 11.3 Å². The first kappa shape index (κ1) is 17.1. The number of anilines is 1. The molecule has 0 aliphatic heterocycles. The van der Waals surface area contributed by atoms with E-state index in [1.54, 1.807) is 11.8 Å². The fourth-order valence-electron chi connectivity index (χ4n) is 1.88. The average Bonchev–Trinajstić information content (AvgIpc) is 2.87. The van der Waals surface area contributed by atoms with Crippen molar-refractivity contribution in [1.29, 1.82) is 0 Å². The number of aromatic nitrogens is 1. The zero-order valence-corrected chi connectivity index (χ0v) is 13.4. The zero-order valence-electron chi connectivity index (χ0n) is 12.6. The maximum Gasteiger partial charge on any atom is 0.225 e. The molecule has 0 saturated carbocycles. The number of nitrogens with zero attached hydrogens (tertiary/aromatic N) is 2. The predicted molar refractivity (Wildman–Crippen MR) is 83.0 cm³/mol. The second kappa shape index (κ2) is 9.05. The normalized spacial score (nSPS) is 12.4. The van der Waals surface area contributed by atoms with Gasteiger partial charge in [0.15, 0.2) is 5.13 Å². The monoisotopic (exact) mass is 299 g/mol. The Labute approximate surface area is 125 Å². The molecule has 0 aliphatic rings. The third-order valence-corrected chi connectivity index (χ3v) is 4.05. The minimum absolute atomic E-state index is 0.0272. The highest BCUT2D eigenvalue weighted by molar-refractivity contribution is 7.14. The van der Waals surface area contributed by atoms with Crippen molar-refractivity contribution in [1.82, 2.24) is 10.3 Å². The molecule has 1 heterocycles. The quantitative estimate of drug-likeness (QED) is 0.685. The van der Waals surface area contributed by atoms with E-state index in [4.69, 9.17) is 5.11 Å². The molecule has 2 N–H and O–H groups in total. The van der Waals surface area contributed by atoms with Crippen LogP contribution in [0, 0.1) is 5.92 Å². The van der Waals surface area contributed by atoms with Gasteiger partial charge in [0.1, 0.15) is 0 Å². The van der Waals surface area contributed by atoms with Gasteiger partial charge in [-0.05, 0) is 32.2 Å². The smallest absolute Gasteiger partial charge is 0.225 e. The highest BCUT2D eigenvalue weighted by Gasteiger charge is 2.13. The third kappa shape index (κ3) is 5.56. The minimum atomic E-state index is 0.0272. The van der Waals surface area contributed by atoms with Crippen molar-refractivity contribution in [2.75, 3.05) is 24.6 Å². The Morgan fingerprint density at radius 2 is 2.35 bits per heavy atom. The van der Waals surface area contributed by atoms with E-state index >= 15 is 0 Å². The van der Waals surface area contributed by atoms with Crippen LogP contribution in [0.25, 0.3) is 0 Å². The van der Waals surface area contributed by atoms with Crippen LogP contribution in [-0.4, -0.2) is 35.7 Å². The topological polar surface area (TPSA) is 65.5 Å². The summed E-state index contributed by atoms with van der Waals surface area (Å²) in [4.78, 5) is 17.6. The number of amides is 1. The van der Waals surface area contributed by atoms with Gasteiger partial charge in [-0.1, -0.05) is 6.92 Å². The molecule has 0 bridgehead atoms. The highest BCUT2D eigenvalue weighted by Crippen LogP contribution is 2.20. The SMILES string of the molecule is CCN(C(C)=O)c1nc(CNCCCC(C)CO)cs1. The number of aliphatic hydroxyl groups excluding tert-OH is 1. The maximum atomic E-state index is 11.4. The summed E-state index contributed by atoms with van der Waals surface area (Å²) in [5.41, 5.74) is 0.972. The molecule has 5 nitrogen and oxygen atoms in total. The number of aliphatic hydroxyl groups is 1. The van der Waals surface area contributed by atoms with E-state index in [2.05, 4.69) is 10.3 Å². The molecular weight excluding hydrogens is 274 g/mol. The van der Waals surface area contributed by atoms with Gasteiger partial charge in [-0.15, -0.1) is 11.3 Å². The van der Waals surface area contributed by atoms with E-state index in [9.17, 15) is 4.79 Å². The molecule has 0 radical (unpaired) electrons. The summed E-state index contributed by atoms with van der Waals surface area (Å²) in [6.07, 6.45) is 2.08. The number of hydrogen-bond donors (Lipinski definition) is 2. The van der Waals surface area contributed by atoms with E-state index in [0.29, 0.717) is 12.5 Å². The second-order valence-electron chi connectivity index (χ2n) is 4.99. The number of carbonyl (C=O) groups excluding carboxylic acids is 1. The number of rotatable bonds is 9. The fourth-order valence-corrected chi connectivity index (χ4v) is 2.81. The van der Waals surface area contributed by atoms with Gasteiger partial charge in [0.2, 0.25) is 5.91 Å². The van der Waals surface area contributed by atoms with Crippen LogP contribution in [-0.2, 0) is 11.3 Å². The number of nitrogens with one attached hydrogen (secondary N) is 1. The number of hydrogen-bond acceptors (Lipinski definition) is 5. The van der Waals surface area contributed by atoms with Crippen LogP contribution in [0.15, 0.2) is 5.38 Å². The summed E-state index contributed by atoms with van der Waals surface area (Å²) in [6.45, 7) is 8.10. The van der Waals surface area contributed by atoms with Crippen LogP contribution in [0.2, 0.25) is 0 Å². The van der Waals surface area contributed by atoms with Gasteiger partial charge in [-0.3, -0.25) is 9.69 Å². The van der Waals surface area contributed by atoms with Gasteiger partial charge >= 0.3 is 0 Å². The summed E-state index contributed by atoms with van der Waals surface area (Å²) in [5.74, 6) is 0.399. The Morgan fingerprint density at radius 3 is 2.95 bits per heavy atom. The van der Waals surface area contributed by atoms with E-state index in [0.717, 1.165) is 36.8 Å². The van der Waals surface area contributed by atoms with Crippen LogP contribution in [0.3, 0.4) is 0 Å². The van der Waals surface area contributed by atoms with Gasteiger partial charge < -0.3 is 10.4 Å². The summed E-state index contributed by atoms with van der Waals surface area (Å²) in [5, 5.41) is 15.0. The molecule has 0 fully saturated rings. The molecule has 1 unspecified atom stereocenters. The molecular formula is C14H25N3O2S. The van der Waals surface area contributed by atoms with Gasteiger partial charge in [0, 0.05) is 32.0 Å². The lowest BCUT2D eigenvalue weighted by Crippen LogP contribution is -2.27. The first-order valence-corrected chi connectivity index (χ1v) is 8.00. The van der Waals surface area contributed by atoms with Crippen molar-refractivity contribution >= 4 is 22.4 Å². The van der Waals surface area contributed by atoms with Gasteiger partial charge in [-0.2, -0.15) is 0 Å². The summed E-state index contributed by atoms with van der Waals surface area (Å²) in [7, 11) is 0. The molecule has 1 rings (SSSR count). The fraction of sp³-hybridized carbons (Fsp3) is 0.714. The van der Waals surface area contributed by atoms with E-state index in [-0.39, 0.29) is 12.5 Å².